The molecule has 0 saturated carbocycles. The third kappa shape index (κ3) is 2.19. The van der Waals surface area contributed by atoms with Crippen LogP contribution in [0.1, 0.15) is 11.3 Å². The van der Waals surface area contributed by atoms with Gasteiger partial charge in [0.25, 0.3) is 0 Å². The van der Waals surface area contributed by atoms with Crippen molar-refractivity contribution in [1.82, 2.24) is 14.7 Å². The molecule has 0 spiro atoms. The minimum Gasteiger partial charge on any atom is -0.390 e. The number of fused-ring (bicyclic) bond motifs is 1. The fraction of sp³-hybridized carbons (Fsp3) is 0.700. The molecule has 2 rings (SSSR count). The van der Waals surface area contributed by atoms with E-state index >= 15 is 0 Å². The van der Waals surface area contributed by atoms with Crippen LogP contribution in [0, 0.1) is 0 Å². The Bertz CT molecular complexity index is 336. The first kappa shape index (κ1) is 10.6. The molecule has 3 N–H and O–H groups in total. The molecule has 84 valence electrons. The molecule has 1 aliphatic rings. The van der Waals surface area contributed by atoms with Crippen LogP contribution in [-0.2, 0) is 20.0 Å². The lowest BCUT2D eigenvalue weighted by molar-refractivity contribution is 0.111. The summed E-state index contributed by atoms with van der Waals surface area (Å²) in [5, 5.41) is 13.7. The smallest absolute Gasteiger partial charge is 0.0789 e. The summed E-state index contributed by atoms with van der Waals surface area (Å²) in [7, 11) is 1.98. The summed E-state index contributed by atoms with van der Waals surface area (Å²) in [4.78, 5) is 2.22. The van der Waals surface area contributed by atoms with Crippen LogP contribution in [0.5, 0.6) is 0 Å². The summed E-state index contributed by atoms with van der Waals surface area (Å²) >= 11 is 0. The lowest BCUT2D eigenvalue weighted by atomic mass is 10.1. The van der Waals surface area contributed by atoms with Crippen molar-refractivity contribution < 1.29 is 5.11 Å². The molecule has 5 heteroatoms. The van der Waals surface area contributed by atoms with Crippen LogP contribution in [0.15, 0.2) is 6.20 Å². The van der Waals surface area contributed by atoms with Gasteiger partial charge in [-0.05, 0) is 0 Å². The van der Waals surface area contributed by atoms with Crippen molar-refractivity contribution in [3.63, 3.8) is 0 Å². The molecule has 0 aromatic carbocycles. The van der Waals surface area contributed by atoms with E-state index in [1.165, 1.54) is 11.3 Å². The van der Waals surface area contributed by atoms with E-state index in [0.29, 0.717) is 13.1 Å². The zero-order valence-corrected chi connectivity index (χ0v) is 9.06. The molecule has 1 unspecified atom stereocenters. The zero-order chi connectivity index (χ0) is 10.8. The summed E-state index contributed by atoms with van der Waals surface area (Å²) < 4.78 is 1.94. The molecule has 0 amide bonds. The number of aliphatic hydroxyl groups excluding tert-OH is 1. The summed E-state index contributed by atoms with van der Waals surface area (Å²) in [5.41, 5.74) is 7.98. The summed E-state index contributed by atoms with van der Waals surface area (Å²) in [5.74, 6) is 0. The molecule has 1 atom stereocenters. The molecule has 5 nitrogen and oxygen atoms in total. The van der Waals surface area contributed by atoms with Gasteiger partial charge in [0.2, 0.25) is 0 Å². The molecule has 0 bridgehead atoms. The van der Waals surface area contributed by atoms with Crippen LogP contribution in [0.2, 0.25) is 0 Å². The molecular formula is C10H18N4O. The average Bonchev–Trinajstić information content (AvgIpc) is 2.60. The average molecular weight is 210 g/mol. The standard InChI is InChI=1S/C10H18N4O/c1-13-10-2-3-14(7-9(15)4-11)6-8(10)5-12-13/h5,9,15H,2-4,6-7,11H2,1H3. The Morgan fingerprint density at radius 2 is 2.47 bits per heavy atom. The van der Waals surface area contributed by atoms with Crippen molar-refractivity contribution in [3.8, 4) is 0 Å². The van der Waals surface area contributed by atoms with Gasteiger partial charge in [0.15, 0.2) is 0 Å². The van der Waals surface area contributed by atoms with E-state index in [-0.39, 0.29) is 0 Å². The van der Waals surface area contributed by atoms with Gasteiger partial charge in [0.1, 0.15) is 0 Å². The van der Waals surface area contributed by atoms with E-state index in [1.54, 1.807) is 0 Å². The van der Waals surface area contributed by atoms with Gasteiger partial charge >= 0.3 is 0 Å². The van der Waals surface area contributed by atoms with E-state index in [1.807, 2.05) is 17.9 Å². The Morgan fingerprint density at radius 1 is 1.67 bits per heavy atom. The first-order valence-corrected chi connectivity index (χ1v) is 5.31. The van der Waals surface area contributed by atoms with Gasteiger partial charge in [0, 0.05) is 50.9 Å². The number of β-amino-alcohol motifs (C(OH)–C–C–N with tert-alkyl or cyclic N) is 1. The number of nitrogens with zero attached hydrogens (tertiary/aromatic N) is 3. The molecule has 0 aliphatic carbocycles. The van der Waals surface area contributed by atoms with Gasteiger partial charge in [0.05, 0.1) is 12.3 Å². The van der Waals surface area contributed by atoms with E-state index < -0.39 is 6.10 Å². The Labute approximate surface area is 89.5 Å². The summed E-state index contributed by atoms with van der Waals surface area (Å²) in [6.45, 7) is 2.84. The second kappa shape index (κ2) is 4.30. The van der Waals surface area contributed by atoms with E-state index in [0.717, 1.165) is 19.5 Å². The summed E-state index contributed by atoms with van der Waals surface area (Å²) in [6.07, 6.45) is 2.50. The lowest BCUT2D eigenvalue weighted by Crippen LogP contribution is -2.39. The number of hydrogen-bond donors (Lipinski definition) is 2. The van der Waals surface area contributed by atoms with Crippen molar-refractivity contribution in [2.24, 2.45) is 12.8 Å². The molecule has 0 fully saturated rings. The Kier molecular flexibility index (Phi) is 3.04. The van der Waals surface area contributed by atoms with Gasteiger partial charge in [-0.3, -0.25) is 9.58 Å². The van der Waals surface area contributed by atoms with Gasteiger partial charge in [-0.2, -0.15) is 5.10 Å². The highest BCUT2D eigenvalue weighted by Crippen LogP contribution is 2.17. The van der Waals surface area contributed by atoms with E-state index in [2.05, 4.69) is 10.00 Å². The van der Waals surface area contributed by atoms with Crippen molar-refractivity contribution in [1.29, 1.82) is 0 Å². The molecule has 1 aromatic heterocycles. The van der Waals surface area contributed by atoms with Crippen molar-refractivity contribution in [2.75, 3.05) is 19.6 Å². The first-order valence-electron chi connectivity index (χ1n) is 5.31. The maximum Gasteiger partial charge on any atom is 0.0789 e. The Balaban J connectivity index is 2.00. The molecule has 2 heterocycles. The number of nitrogens with two attached hydrogens (primary N) is 1. The van der Waals surface area contributed by atoms with Gasteiger partial charge in [-0.1, -0.05) is 0 Å². The van der Waals surface area contributed by atoms with E-state index in [4.69, 9.17) is 5.73 Å². The Hall–Kier alpha value is -0.910. The van der Waals surface area contributed by atoms with Crippen molar-refractivity contribution in [2.45, 2.75) is 19.1 Å². The van der Waals surface area contributed by atoms with E-state index in [9.17, 15) is 5.11 Å². The molecule has 0 radical (unpaired) electrons. The zero-order valence-electron chi connectivity index (χ0n) is 9.06. The fourth-order valence-electron chi connectivity index (χ4n) is 2.08. The molecule has 1 aromatic rings. The number of aryl methyl sites for hydroxylation is 1. The van der Waals surface area contributed by atoms with Crippen molar-refractivity contribution >= 4 is 0 Å². The largest absolute Gasteiger partial charge is 0.390 e. The van der Waals surface area contributed by atoms with Gasteiger partial charge in [-0.25, -0.2) is 0 Å². The van der Waals surface area contributed by atoms with Crippen LogP contribution in [0.25, 0.3) is 0 Å². The molecular weight excluding hydrogens is 192 g/mol. The SMILES string of the molecule is Cn1ncc2c1CCN(CC(O)CN)C2. The quantitative estimate of drug-likeness (QED) is 0.678. The molecule has 0 saturated heterocycles. The number of aliphatic hydroxyl groups is 1. The molecule has 1 aliphatic heterocycles. The van der Waals surface area contributed by atoms with Gasteiger partial charge in [-0.15, -0.1) is 0 Å². The van der Waals surface area contributed by atoms with Crippen LogP contribution in [0.4, 0.5) is 0 Å². The predicted molar refractivity (Wildman–Crippen MR) is 57.3 cm³/mol. The highest BCUT2D eigenvalue weighted by atomic mass is 16.3. The number of rotatable bonds is 3. The second-order valence-corrected chi connectivity index (χ2v) is 4.11. The van der Waals surface area contributed by atoms with Crippen LogP contribution in [-0.4, -0.2) is 45.5 Å². The Morgan fingerprint density at radius 3 is 3.20 bits per heavy atom. The normalized spacial score (nSPS) is 18.9. The predicted octanol–water partition coefficient (Wildman–Crippen LogP) is -0.902. The van der Waals surface area contributed by atoms with Crippen LogP contribution < -0.4 is 5.73 Å². The third-order valence-corrected chi connectivity index (χ3v) is 2.95. The first-order chi connectivity index (χ1) is 7.20. The van der Waals surface area contributed by atoms with Crippen molar-refractivity contribution in [3.05, 3.63) is 17.5 Å². The maximum absolute atomic E-state index is 9.48. The third-order valence-electron chi connectivity index (χ3n) is 2.95. The minimum atomic E-state index is -0.414. The van der Waals surface area contributed by atoms with Crippen LogP contribution in [0.3, 0.4) is 0 Å². The fourth-order valence-corrected chi connectivity index (χ4v) is 2.08. The minimum absolute atomic E-state index is 0.330. The molecule has 15 heavy (non-hydrogen) atoms. The van der Waals surface area contributed by atoms with Crippen LogP contribution >= 0.6 is 0 Å². The monoisotopic (exact) mass is 210 g/mol. The summed E-state index contributed by atoms with van der Waals surface area (Å²) in [6, 6.07) is 0. The second-order valence-electron chi connectivity index (χ2n) is 4.11. The lowest BCUT2D eigenvalue weighted by Gasteiger charge is -2.28. The number of aromatic nitrogens is 2. The number of hydrogen-bond acceptors (Lipinski definition) is 4. The van der Waals surface area contributed by atoms with Gasteiger partial charge < -0.3 is 10.8 Å². The highest BCUT2D eigenvalue weighted by molar-refractivity contribution is 5.20. The topological polar surface area (TPSA) is 67.3 Å². The maximum atomic E-state index is 9.48. The highest BCUT2D eigenvalue weighted by Gasteiger charge is 2.20.